The number of hydrogen-bond acceptors (Lipinski definition) is 3. The maximum Gasteiger partial charge on any atom is 0.191 e. The molecule has 0 fully saturated rings. The highest BCUT2D eigenvalue weighted by Crippen LogP contribution is 2.20. The van der Waals surface area contributed by atoms with E-state index >= 15 is 0 Å². The molecule has 2 aromatic carbocycles. The lowest BCUT2D eigenvalue weighted by Crippen LogP contribution is -2.37. The Kier molecular flexibility index (Phi) is 7.80. The van der Waals surface area contributed by atoms with E-state index < -0.39 is 0 Å². The molecule has 0 atom stereocenters. The Hall–Kier alpha value is -2.69. The number of benzene rings is 2. The van der Waals surface area contributed by atoms with Gasteiger partial charge in [-0.15, -0.1) is 0 Å². The van der Waals surface area contributed by atoms with Crippen LogP contribution in [0.2, 0.25) is 0 Å². The number of nitrogens with zero attached hydrogens (tertiary/aromatic N) is 1. The van der Waals surface area contributed by atoms with Gasteiger partial charge in [0.25, 0.3) is 0 Å². The molecule has 0 aliphatic rings. The van der Waals surface area contributed by atoms with Crippen LogP contribution in [-0.4, -0.2) is 31.3 Å². The van der Waals surface area contributed by atoms with Gasteiger partial charge in [-0.2, -0.15) is 0 Å². The monoisotopic (exact) mass is 355 g/mol. The Morgan fingerprint density at radius 3 is 2.58 bits per heavy atom. The van der Waals surface area contributed by atoms with Crippen LogP contribution in [-0.2, 0) is 13.0 Å². The summed E-state index contributed by atoms with van der Waals surface area (Å²) < 4.78 is 5.72. The van der Waals surface area contributed by atoms with E-state index in [0.29, 0.717) is 18.9 Å². The highest BCUT2D eigenvalue weighted by atomic mass is 16.5. The van der Waals surface area contributed by atoms with Gasteiger partial charge in [0.15, 0.2) is 5.96 Å². The summed E-state index contributed by atoms with van der Waals surface area (Å²) in [5, 5.41) is 16.0. The molecule has 3 N–H and O–H groups in total. The number of nitrogens with one attached hydrogen (secondary N) is 2. The Labute approximate surface area is 156 Å². The Morgan fingerprint density at radius 2 is 1.88 bits per heavy atom. The van der Waals surface area contributed by atoms with Crippen molar-refractivity contribution in [2.75, 3.05) is 20.2 Å². The molecule has 2 rings (SSSR count). The number of ether oxygens (including phenoxy) is 1. The summed E-state index contributed by atoms with van der Waals surface area (Å²) in [6, 6.07) is 13.6. The summed E-state index contributed by atoms with van der Waals surface area (Å²) >= 11 is 0. The summed E-state index contributed by atoms with van der Waals surface area (Å²) in [5.41, 5.74) is 3.52. The maximum atomic E-state index is 9.31. The summed E-state index contributed by atoms with van der Waals surface area (Å²) in [5.74, 6) is 2.00. The molecule has 5 nitrogen and oxygen atoms in total. The Morgan fingerprint density at radius 1 is 1.12 bits per heavy atom. The second-order valence-corrected chi connectivity index (χ2v) is 6.17. The van der Waals surface area contributed by atoms with Crippen molar-refractivity contribution < 1.29 is 9.84 Å². The second-order valence-electron chi connectivity index (χ2n) is 6.17. The molecule has 0 saturated heterocycles. The lowest BCUT2D eigenvalue weighted by molar-refractivity contribution is 0.336. The summed E-state index contributed by atoms with van der Waals surface area (Å²) in [6.45, 7) is 6.20. The zero-order chi connectivity index (χ0) is 18.8. The first-order chi connectivity index (χ1) is 12.6. The van der Waals surface area contributed by atoms with Gasteiger partial charge in [0.2, 0.25) is 0 Å². The number of rotatable bonds is 8. The first-order valence-corrected chi connectivity index (χ1v) is 9.07. The van der Waals surface area contributed by atoms with Crippen LogP contribution >= 0.6 is 0 Å². The molecular formula is C21H29N3O2. The van der Waals surface area contributed by atoms with Gasteiger partial charge in [-0.1, -0.05) is 24.3 Å². The average molecular weight is 355 g/mol. The zero-order valence-corrected chi connectivity index (χ0v) is 15.9. The van der Waals surface area contributed by atoms with Gasteiger partial charge in [0.05, 0.1) is 6.61 Å². The highest BCUT2D eigenvalue weighted by molar-refractivity contribution is 5.79. The van der Waals surface area contributed by atoms with E-state index in [0.717, 1.165) is 36.7 Å². The maximum absolute atomic E-state index is 9.31. The van der Waals surface area contributed by atoms with Crippen molar-refractivity contribution in [3.63, 3.8) is 0 Å². The molecular weight excluding hydrogens is 326 g/mol. The second kappa shape index (κ2) is 10.3. The summed E-state index contributed by atoms with van der Waals surface area (Å²) in [6.07, 6.45) is 1.94. The third kappa shape index (κ3) is 6.31. The lowest BCUT2D eigenvalue weighted by atomic mass is 10.1. The van der Waals surface area contributed by atoms with Gasteiger partial charge < -0.3 is 20.5 Å². The van der Waals surface area contributed by atoms with E-state index in [1.807, 2.05) is 19.1 Å². The van der Waals surface area contributed by atoms with Crippen LogP contribution in [0.3, 0.4) is 0 Å². The van der Waals surface area contributed by atoms with Gasteiger partial charge in [-0.25, -0.2) is 0 Å². The topological polar surface area (TPSA) is 65.9 Å². The zero-order valence-electron chi connectivity index (χ0n) is 15.9. The van der Waals surface area contributed by atoms with Gasteiger partial charge in [0.1, 0.15) is 11.5 Å². The summed E-state index contributed by atoms with van der Waals surface area (Å²) in [4.78, 5) is 4.27. The fraction of sp³-hybridized carbons (Fsp3) is 0.381. The van der Waals surface area contributed by atoms with Crippen molar-refractivity contribution >= 4 is 5.96 Å². The fourth-order valence-corrected chi connectivity index (χ4v) is 2.66. The molecule has 0 radical (unpaired) electrons. The molecule has 0 saturated carbocycles. The highest BCUT2D eigenvalue weighted by Gasteiger charge is 2.05. The fourth-order valence-electron chi connectivity index (χ4n) is 2.66. The van der Waals surface area contributed by atoms with E-state index in [4.69, 9.17) is 4.74 Å². The van der Waals surface area contributed by atoms with Crippen molar-refractivity contribution in [2.45, 2.75) is 33.2 Å². The molecule has 0 aliphatic heterocycles. The average Bonchev–Trinajstić information content (AvgIpc) is 2.64. The van der Waals surface area contributed by atoms with E-state index in [1.165, 1.54) is 11.1 Å². The largest absolute Gasteiger partial charge is 0.508 e. The molecule has 5 heteroatoms. The number of aliphatic imine (C=N–C) groups is 1. The number of hydrogen-bond donors (Lipinski definition) is 3. The normalized spacial score (nSPS) is 11.3. The Balaban J connectivity index is 1.78. The minimum Gasteiger partial charge on any atom is -0.508 e. The number of phenolic OH excluding ortho intramolecular Hbond substituents is 1. The smallest absolute Gasteiger partial charge is 0.191 e. The van der Waals surface area contributed by atoms with Crippen LogP contribution in [0.1, 0.15) is 30.0 Å². The van der Waals surface area contributed by atoms with Gasteiger partial charge in [0, 0.05) is 25.7 Å². The number of aromatic hydroxyl groups is 1. The van der Waals surface area contributed by atoms with Crippen molar-refractivity contribution in [3.8, 4) is 11.5 Å². The van der Waals surface area contributed by atoms with E-state index in [9.17, 15) is 5.11 Å². The quantitative estimate of drug-likeness (QED) is 0.386. The molecule has 26 heavy (non-hydrogen) atoms. The van der Waals surface area contributed by atoms with Crippen molar-refractivity contribution in [1.29, 1.82) is 0 Å². The van der Waals surface area contributed by atoms with E-state index in [1.54, 1.807) is 19.2 Å². The third-order valence-corrected chi connectivity index (χ3v) is 4.06. The first-order valence-electron chi connectivity index (χ1n) is 9.07. The SMILES string of the molecule is CCOc1cc(C)ccc1CNC(=NC)NCCCc1ccc(O)cc1. The van der Waals surface area contributed by atoms with Crippen LogP contribution in [0.5, 0.6) is 11.5 Å². The van der Waals surface area contributed by atoms with E-state index in [-0.39, 0.29) is 0 Å². The third-order valence-electron chi connectivity index (χ3n) is 4.06. The molecule has 0 aliphatic carbocycles. The summed E-state index contributed by atoms with van der Waals surface area (Å²) in [7, 11) is 1.77. The predicted molar refractivity (Wildman–Crippen MR) is 107 cm³/mol. The number of aryl methyl sites for hydroxylation is 2. The number of phenols is 1. The van der Waals surface area contributed by atoms with Crippen LogP contribution in [0, 0.1) is 6.92 Å². The van der Waals surface area contributed by atoms with Crippen LogP contribution in [0.25, 0.3) is 0 Å². The molecule has 0 unspecified atom stereocenters. The molecule has 0 spiro atoms. The van der Waals surface area contributed by atoms with Crippen LogP contribution < -0.4 is 15.4 Å². The predicted octanol–water partition coefficient (Wildman–Crippen LogP) is 3.40. The van der Waals surface area contributed by atoms with Crippen LogP contribution in [0.15, 0.2) is 47.5 Å². The molecule has 140 valence electrons. The molecule has 0 aromatic heterocycles. The van der Waals surface area contributed by atoms with Gasteiger partial charge >= 0.3 is 0 Å². The van der Waals surface area contributed by atoms with Crippen LogP contribution in [0.4, 0.5) is 0 Å². The minimum atomic E-state index is 0.305. The van der Waals surface area contributed by atoms with Gasteiger partial charge in [-0.3, -0.25) is 4.99 Å². The Bertz CT molecular complexity index is 712. The molecule has 0 amide bonds. The van der Waals surface area contributed by atoms with Crippen molar-refractivity contribution in [3.05, 3.63) is 59.2 Å². The molecule has 2 aromatic rings. The first kappa shape index (κ1) is 19.6. The standard InChI is InChI=1S/C21H29N3O2/c1-4-26-20-14-16(2)7-10-18(20)15-24-21(22-3)23-13-5-6-17-8-11-19(25)12-9-17/h7-12,14,25H,4-6,13,15H2,1-3H3,(H2,22,23,24). The minimum absolute atomic E-state index is 0.305. The van der Waals surface area contributed by atoms with Gasteiger partial charge in [-0.05, 0) is 56.0 Å². The number of guanidine groups is 1. The molecule has 0 bridgehead atoms. The molecule has 0 heterocycles. The van der Waals surface area contributed by atoms with E-state index in [2.05, 4.69) is 40.7 Å². The lowest BCUT2D eigenvalue weighted by Gasteiger charge is -2.15. The van der Waals surface area contributed by atoms with Crippen molar-refractivity contribution in [1.82, 2.24) is 10.6 Å². The van der Waals surface area contributed by atoms with Crippen molar-refractivity contribution in [2.24, 2.45) is 4.99 Å².